The van der Waals surface area contributed by atoms with E-state index in [0.29, 0.717) is 12.1 Å². The Kier molecular flexibility index (Phi) is 5.72. The third-order valence-corrected chi connectivity index (χ3v) is 3.34. The topological polar surface area (TPSA) is 49.5 Å². The lowest BCUT2D eigenvalue weighted by Crippen LogP contribution is -2.50. The minimum absolute atomic E-state index is 0.0235. The van der Waals surface area contributed by atoms with E-state index in [2.05, 4.69) is 0 Å². The van der Waals surface area contributed by atoms with Gasteiger partial charge in [-0.05, 0) is 19.0 Å². The zero-order valence-electron chi connectivity index (χ0n) is 11.3. The minimum atomic E-state index is -0.223. The number of nitrogens with two attached hydrogens (primary N) is 1. The Morgan fingerprint density at radius 2 is 1.94 bits per heavy atom. The lowest BCUT2D eigenvalue weighted by molar-refractivity contribution is 0.107. The molecule has 0 heterocycles. The lowest BCUT2D eigenvalue weighted by Gasteiger charge is -2.33. The first-order chi connectivity index (χ1) is 8.47. The van der Waals surface area contributed by atoms with Gasteiger partial charge in [0.1, 0.15) is 5.82 Å². The van der Waals surface area contributed by atoms with E-state index in [-0.39, 0.29) is 30.4 Å². The van der Waals surface area contributed by atoms with Crippen molar-refractivity contribution in [2.24, 2.45) is 11.7 Å². The van der Waals surface area contributed by atoms with E-state index in [9.17, 15) is 9.50 Å². The molecule has 0 saturated heterocycles. The molecular formula is C14H23FN2O. The van der Waals surface area contributed by atoms with Gasteiger partial charge in [-0.15, -0.1) is 0 Å². The van der Waals surface area contributed by atoms with E-state index in [1.165, 1.54) is 6.07 Å². The van der Waals surface area contributed by atoms with Gasteiger partial charge in [-0.3, -0.25) is 4.90 Å². The molecule has 0 amide bonds. The van der Waals surface area contributed by atoms with Gasteiger partial charge < -0.3 is 10.8 Å². The second-order valence-electron chi connectivity index (χ2n) is 5.08. The van der Waals surface area contributed by atoms with Gasteiger partial charge in [0.15, 0.2) is 0 Å². The van der Waals surface area contributed by atoms with Gasteiger partial charge in [-0.2, -0.15) is 0 Å². The van der Waals surface area contributed by atoms with Crippen LogP contribution in [0.4, 0.5) is 4.39 Å². The summed E-state index contributed by atoms with van der Waals surface area (Å²) in [5.74, 6) is 0.0457. The van der Waals surface area contributed by atoms with Gasteiger partial charge in [0, 0.05) is 24.2 Å². The average molecular weight is 254 g/mol. The summed E-state index contributed by atoms with van der Waals surface area (Å²) in [6.45, 7) is 4.46. The Labute approximate surface area is 108 Å². The van der Waals surface area contributed by atoms with Crippen molar-refractivity contribution < 1.29 is 9.50 Å². The second kappa shape index (κ2) is 6.83. The van der Waals surface area contributed by atoms with Crippen LogP contribution in [-0.4, -0.2) is 35.7 Å². The number of rotatable bonds is 6. The normalized spacial score (nSPS) is 15.1. The molecule has 1 aromatic rings. The number of halogens is 1. The lowest BCUT2D eigenvalue weighted by atomic mass is 9.96. The first kappa shape index (κ1) is 15.1. The van der Waals surface area contributed by atoms with Crippen molar-refractivity contribution in [1.82, 2.24) is 4.90 Å². The van der Waals surface area contributed by atoms with Crippen molar-refractivity contribution in [1.29, 1.82) is 0 Å². The predicted octanol–water partition coefficient (Wildman–Crippen LogP) is 1.60. The van der Waals surface area contributed by atoms with Gasteiger partial charge >= 0.3 is 0 Å². The number of hydrogen-bond donors (Lipinski definition) is 2. The maximum absolute atomic E-state index is 13.6. The monoisotopic (exact) mass is 254 g/mol. The SMILES string of the molecule is CC(C)C(N)C(CO)N(C)Cc1ccccc1F. The highest BCUT2D eigenvalue weighted by Crippen LogP contribution is 2.14. The fraction of sp³-hybridized carbons (Fsp3) is 0.571. The Balaban J connectivity index is 2.74. The Morgan fingerprint density at radius 3 is 2.44 bits per heavy atom. The van der Waals surface area contributed by atoms with Crippen molar-refractivity contribution in [3.8, 4) is 0 Å². The average Bonchev–Trinajstić information content (AvgIpc) is 2.32. The van der Waals surface area contributed by atoms with E-state index in [1.807, 2.05) is 31.9 Å². The number of likely N-dealkylation sites (N-methyl/N-ethyl adjacent to an activating group) is 1. The molecule has 0 aliphatic heterocycles. The molecule has 0 spiro atoms. The molecule has 2 atom stereocenters. The molecule has 0 fully saturated rings. The number of nitrogens with zero attached hydrogens (tertiary/aromatic N) is 1. The zero-order valence-corrected chi connectivity index (χ0v) is 11.3. The van der Waals surface area contributed by atoms with E-state index < -0.39 is 0 Å². The molecule has 0 aliphatic rings. The molecule has 1 rings (SSSR count). The van der Waals surface area contributed by atoms with Crippen LogP contribution in [0, 0.1) is 11.7 Å². The van der Waals surface area contributed by atoms with Crippen molar-refractivity contribution in [3.05, 3.63) is 35.6 Å². The van der Waals surface area contributed by atoms with Gasteiger partial charge in [0.05, 0.1) is 6.61 Å². The molecule has 0 radical (unpaired) electrons. The summed E-state index contributed by atoms with van der Waals surface area (Å²) < 4.78 is 13.6. The summed E-state index contributed by atoms with van der Waals surface area (Å²) in [5, 5.41) is 9.45. The van der Waals surface area contributed by atoms with Gasteiger partial charge in [0.2, 0.25) is 0 Å². The van der Waals surface area contributed by atoms with Crippen LogP contribution in [0.15, 0.2) is 24.3 Å². The Hall–Kier alpha value is -0.970. The molecule has 0 bridgehead atoms. The van der Waals surface area contributed by atoms with Crippen LogP contribution in [0.25, 0.3) is 0 Å². The van der Waals surface area contributed by atoms with Crippen LogP contribution in [0.2, 0.25) is 0 Å². The molecule has 0 aromatic heterocycles. The third kappa shape index (κ3) is 3.77. The van der Waals surface area contributed by atoms with Gasteiger partial charge in [0.25, 0.3) is 0 Å². The summed E-state index contributed by atoms with van der Waals surface area (Å²) in [6, 6.07) is 6.38. The highest BCUT2D eigenvalue weighted by Gasteiger charge is 2.24. The summed E-state index contributed by atoms with van der Waals surface area (Å²) in [7, 11) is 1.86. The predicted molar refractivity (Wildman–Crippen MR) is 71.6 cm³/mol. The summed E-state index contributed by atoms with van der Waals surface area (Å²) >= 11 is 0. The molecule has 3 N–H and O–H groups in total. The molecule has 2 unspecified atom stereocenters. The maximum Gasteiger partial charge on any atom is 0.127 e. The Bertz CT molecular complexity index is 371. The summed E-state index contributed by atoms with van der Waals surface area (Å²) in [4.78, 5) is 1.91. The highest BCUT2D eigenvalue weighted by atomic mass is 19.1. The van der Waals surface area contributed by atoms with E-state index >= 15 is 0 Å². The number of hydrogen-bond acceptors (Lipinski definition) is 3. The van der Waals surface area contributed by atoms with Crippen LogP contribution in [0.3, 0.4) is 0 Å². The first-order valence-corrected chi connectivity index (χ1v) is 6.27. The van der Waals surface area contributed by atoms with Crippen molar-refractivity contribution in [2.75, 3.05) is 13.7 Å². The summed E-state index contributed by atoms with van der Waals surface area (Å²) in [5.41, 5.74) is 6.69. The quantitative estimate of drug-likeness (QED) is 0.810. The van der Waals surface area contributed by atoms with Crippen molar-refractivity contribution in [3.63, 3.8) is 0 Å². The van der Waals surface area contributed by atoms with Crippen LogP contribution in [0.5, 0.6) is 0 Å². The van der Waals surface area contributed by atoms with Gasteiger partial charge in [-0.1, -0.05) is 32.0 Å². The van der Waals surface area contributed by atoms with Crippen LogP contribution in [0.1, 0.15) is 19.4 Å². The standard InChI is InChI=1S/C14H23FN2O/c1-10(2)14(16)13(9-18)17(3)8-11-6-4-5-7-12(11)15/h4-7,10,13-14,18H,8-9,16H2,1-3H3. The smallest absolute Gasteiger partial charge is 0.127 e. The molecule has 0 saturated carbocycles. The highest BCUT2D eigenvalue weighted by molar-refractivity contribution is 5.17. The van der Waals surface area contributed by atoms with Gasteiger partial charge in [-0.25, -0.2) is 4.39 Å². The number of benzene rings is 1. The second-order valence-corrected chi connectivity index (χ2v) is 5.08. The minimum Gasteiger partial charge on any atom is -0.395 e. The van der Waals surface area contributed by atoms with E-state index in [4.69, 9.17) is 5.73 Å². The number of aliphatic hydroxyl groups excluding tert-OH is 1. The molecular weight excluding hydrogens is 231 g/mol. The van der Waals surface area contributed by atoms with Crippen molar-refractivity contribution >= 4 is 0 Å². The zero-order chi connectivity index (χ0) is 13.7. The van der Waals surface area contributed by atoms with Crippen LogP contribution in [-0.2, 0) is 6.54 Å². The molecule has 4 heteroatoms. The van der Waals surface area contributed by atoms with E-state index in [0.717, 1.165) is 0 Å². The molecule has 0 aliphatic carbocycles. The fourth-order valence-electron chi connectivity index (χ4n) is 2.01. The maximum atomic E-state index is 13.6. The molecule has 102 valence electrons. The molecule has 3 nitrogen and oxygen atoms in total. The fourth-order valence-corrected chi connectivity index (χ4v) is 2.01. The molecule has 18 heavy (non-hydrogen) atoms. The van der Waals surface area contributed by atoms with Crippen LogP contribution >= 0.6 is 0 Å². The van der Waals surface area contributed by atoms with Crippen molar-refractivity contribution in [2.45, 2.75) is 32.5 Å². The first-order valence-electron chi connectivity index (χ1n) is 6.27. The largest absolute Gasteiger partial charge is 0.395 e. The Morgan fingerprint density at radius 1 is 1.33 bits per heavy atom. The molecule has 1 aromatic carbocycles. The van der Waals surface area contributed by atoms with E-state index in [1.54, 1.807) is 12.1 Å². The summed E-state index contributed by atoms with van der Waals surface area (Å²) in [6.07, 6.45) is 0. The van der Waals surface area contributed by atoms with Crippen LogP contribution < -0.4 is 5.73 Å². The third-order valence-electron chi connectivity index (χ3n) is 3.34. The number of aliphatic hydroxyl groups is 1.